The minimum atomic E-state index is -1.14. The van der Waals surface area contributed by atoms with E-state index in [9.17, 15) is 9.18 Å². The van der Waals surface area contributed by atoms with Gasteiger partial charge in [0.05, 0.1) is 17.7 Å². The molecule has 0 unspecified atom stereocenters. The lowest BCUT2D eigenvalue weighted by molar-refractivity contribution is 0.0696. The fourth-order valence-corrected chi connectivity index (χ4v) is 1.98. The summed E-state index contributed by atoms with van der Waals surface area (Å²) in [5, 5.41) is 9.11. The van der Waals surface area contributed by atoms with E-state index in [0.717, 1.165) is 0 Å². The van der Waals surface area contributed by atoms with Crippen molar-refractivity contribution in [3.05, 3.63) is 58.4 Å². The molecule has 0 fully saturated rings. The molecule has 0 amide bonds. The van der Waals surface area contributed by atoms with Gasteiger partial charge in [0.15, 0.2) is 0 Å². The second-order valence-corrected chi connectivity index (χ2v) is 4.60. The third-order valence-electron chi connectivity index (χ3n) is 2.81. The highest BCUT2D eigenvalue weighted by molar-refractivity contribution is 6.33. The van der Waals surface area contributed by atoms with E-state index in [1.165, 1.54) is 37.4 Å². The zero-order valence-electron chi connectivity index (χ0n) is 11.1. The van der Waals surface area contributed by atoms with Crippen LogP contribution in [-0.2, 0) is 6.61 Å². The summed E-state index contributed by atoms with van der Waals surface area (Å²) in [4.78, 5) is 11.0. The lowest BCUT2D eigenvalue weighted by Gasteiger charge is -2.11. The van der Waals surface area contributed by atoms with Crippen molar-refractivity contribution in [2.24, 2.45) is 0 Å². The fourth-order valence-electron chi connectivity index (χ4n) is 1.78. The van der Waals surface area contributed by atoms with Gasteiger partial charge in [0.25, 0.3) is 0 Å². The normalized spacial score (nSPS) is 10.2. The molecule has 110 valence electrons. The topological polar surface area (TPSA) is 55.8 Å². The Morgan fingerprint density at radius 3 is 2.71 bits per heavy atom. The first kappa shape index (κ1) is 15.1. The summed E-state index contributed by atoms with van der Waals surface area (Å²) in [6.07, 6.45) is 0. The summed E-state index contributed by atoms with van der Waals surface area (Å²) in [7, 11) is 1.47. The Morgan fingerprint density at radius 2 is 2.05 bits per heavy atom. The van der Waals surface area contributed by atoms with E-state index in [2.05, 4.69) is 0 Å². The number of hydrogen-bond donors (Lipinski definition) is 1. The van der Waals surface area contributed by atoms with Crippen LogP contribution in [0, 0.1) is 5.82 Å². The number of halogens is 2. The first-order valence-electron chi connectivity index (χ1n) is 5.99. The van der Waals surface area contributed by atoms with Crippen molar-refractivity contribution in [2.45, 2.75) is 6.61 Å². The SMILES string of the molecule is COc1ccc(F)cc1COc1ccc(Cl)c(C(=O)O)c1. The van der Waals surface area contributed by atoms with Crippen LogP contribution in [0.3, 0.4) is 0 Å². The molecule has 0 aromatic heterocycles. The van der Waals surface area contributed by atoms with Crippen molar-refractivity contribution in [3.63, 3.8) is 0 Å². The van der Waals surface area contributed by atoms with Crippen LogP contribution < -0.4 is 9.47 Å². The maximum atomic E-state index is 13.2. The van der Waals surface area contributed by atoms with E-state index in [1.54, 1.807) is 6.07 Å². The van der Waals surface area contributed by atoms with E-state index < -0.39 is 11.8 Å². The quantitative estimate of drug-likeness (QED) is 0.913. The maximum absolute atomic E-state index is 13.2. The zero-order valence-corrected chi connectivity index (χ0v) is 11.9. The first-order valence-corrected chi connectivity index (χ1v) is 6.37. The average molecular weight is 311 g/mol. The minimum Gasteiger partial charge on any atom is -0.496 e. The van der Waals surface area contributed by atoms with E-state index in [-0.39, 0.29) is 17.2 Å². The average Bonchev–Trinajstić information content (AvgIpc) is 2.46. The van der Waals surface area contributed by atoms with Crippen LogP contribution in [0.25, 0.3) is 0 Å². The van der Waals surface area contributed by atoms with E-state index in [0.29, 0.717) is 17.1 Å². The third-order valence-corrected chi connectivity index (χ3v) is 3.13. The van der Waals surface area contributed by atoms with Crippen molar-refractivity contribution in [1.82, 2.24) is 0 Å². The van der Waals surface area contributed by atoms with Gasteiger partial charge in [-0.15, -0.1) is 0 Å². The lowest BCUT2D eigenvalue weighted by Crippen LogP contribution is -2.02. The molecular weight excluding hydrogens is 299 g/mol. The number of benzene rings is 2. The number of hydrogen-bond acceptors (Lipinski definition) is 3. The van der Waals surface area contributed by atoms with Crippen LogP contribution >= 0.6 is 11.6 Å². The molecule has 0 aliphatic heterocycles. The van der Waals surface area contributed by atoms with Crippen LogP contribution in [0.15, 0.2) is 36.4 Å². The number of carboxylic acids is 1. The molecule has 0 spiro atoms. The van der Waals surface area contributed by atoms with Crippen molar-refractivity contribution in [3.8, 4) is 11.5 Å². The first-order chi connectivity index (χ1) is 10.0. The van der Waals surface area contributed by atoms with Gasteiger partial charge < -0.3 is 14.6 Å². The van der Waals surface area contributed by atoms with Crippen LogP contribution in [0.4, 0.5) is 4.39 Å². The molecule has 0 heterocycles. The van der Waals surface area contributed by atoms with Crippen molar-refractivity contribution in [1.29, 1.82) is 0 Å². The molecule has 1 N–H and O–H groups in total. The van der Waals surface area contributed by atoms with Gasteiger partial charge in [0, 0.05) is 5.56 Å². The molecule has 0 saturated carbocycles. The molecule has 0 radical (unpaired) electrons. The minimum absolute atomic E-state index is 0.0433. The smallest absolute Gasteiger partial charge is 0.337 e. The summed E-state index contributed by atoms with van der Waals surface area (Å²) < 4.78 is 23.8. The largest absolute Gasteiger partial charge is 0.496 e. The highest BCUT2D eigenvalue weighted by Gasteiger charge is 2.11. The molecule has 21 heavy (non-hydrogen) atoms. The van der Waals surface area contributed by atoms with Gasteiger partial charge in [-0.2, -0.15) is 0 Å². The Bertz CT molecular complexity index is 673. The molecule has 2 aromatic carbocycles. The molecule has 2 rings (SSSR count). The second kappa shape index (κ2) is 6.45. The van der Waals surface area contributed by atoms with Gasteiger partial charge in [0.1, 0.15) is 23.9 Å². The Kier molecular flexibility index (Phi) is 4.65. The molecule has 0 atom stereocenters. The number of aromatic carboxylic acids is 1. The van der Waals surface area contributed by atoms with Gasteiger partial charge in [-0.25, -0.2) is 9.18 Å². The summed E-state index contributed by atoms with van der Waals surface area (Å²) in [5.74, 6) is -0.738. The van der Waals surface area contributed by atoms with Crippen molar-refractivity contribution >= 4 is 17.6 Å². The molecule has 0 saturated heterocycles. The zero-order chi connectivity index (χ0) is 15.4. The van der Waals surface area contributed by atoms with E-state index in [4.69, 9.17) is 26.2 Å². The molecule has 6 heteroatoms. The highest BCUT2D eigenvalue weighted by atomic mass is 35.5. The van der Waals surface area contributed by atoms with Crippen LogP contribution in [-0.4, -0.2) is 18.2 Å². The van der Waals surface area contributed by atoms with Crippen LogP contribution in [0.1, 0.15) is 15.9 Å². The van der Waals surface area contributed by atoms with Crippen LogP contribution in [0.2, 0.25) is 5.02 Å². The monoisotopic (exact) mass is 310 g/mol. The maximum Gasteiger partial charge on any atom is 0.337 e. The molecule has 0 bridgehead atoms. The number of methoxy groups -OCH3 is 1. The highest BCUT2D eigenvalue weighted by Crippen LogP contribution is 2.25. The number of ether oxygens (including phenoxy) is 2. The Labute approximate surface area is 125 Å². The summed E-state index contributed by atoms with van der Waals surface area (Å²) in [5.41, 5.74) is 0.463. The van der Waals surface area contributed by atoms with Gasteiger partial charge in [-0.3, -0.25) is 0 Å². The molecule has 0 aliphatic carbocycles. The number of rotatable bonds is 5. The second-order valence-electron chi connectivity index (χ2n) is 4.19. The standard InChI is InChI=1S/C15H12ClFO4/c1-20-14-5-2-10(17)6-9(14)8-21-11-3-4-13(16)12(7-11)15(18)19/h2-7H,8H2,1H3,(H,18,19). The number of carbonyl (C=O) groups is 1. The molecular formula is C15H12ClFO4. The Morgan fingerprint density at radius 1 is 1.29 bits per heavy atom. The summed E-state index contributed by atoms with van der Waals surface area (Å²) in [6, 6.07) is 8.37. The predicted molar refractivity (Wildman–Crippen MR) is 75.7 cm³/mol. The fraction of sp³-hybridized carbons (Fsp3) is 0.133. The van der Waals surface area contributed by atoms with Crippen LogP contribution in [0.5, 0.6) is 11.5 Å². The molecule has 2 aromatic rings. The summed E-state index contributed by atoms with van der Waals surface area (Å²) in [6.45, 7) is 0.0433. The van der Waals surface area contributed by atoms with Gasteiger partial charge in [-0.05, 0) is 36.4 Å². The summed E-state index contributed by atoms with van der Waals surface area (Å²) >= 11 is 5.77. The Balaban J connectivity index is 2.19. The van der Waals surface area contributed by atoms with Gasteiger partial charge in [0.2, 0.25) is 0 Å². The molecule has 0 aliphatic rings. The van der Waals surface area contributed by atoms with Crippen molar-refractivity contribution in [2.75, 3.05) is 7.11 Å². The van der Waals surface area contributed by atoms with Crippen molar-refractivity contribution < 1.29 is 23.8 Å². The number of carboxylic acid groups (broad SMARTS) is 1. The van der Waals surface area contributed by atoms with E-state index in [1.807, 2.05) is 0 Å². The third kappa shape index (κ3) is 3.64. The Hall–Kier alpha value is -2.27. The molecule has 4 nitrogen and oxygen atoms in total. The predicted octanol–water partition coefficient (Wildman–Crippen LogP) is 3.76. The van der Waals surface area contributed by atoms with Gasteiger partial charge >= 0.3 is 5.97 Å². The lowest BCUT2D eigenvalue weighted by atomic mass is 10.2. The van der Waals surface area contributed by atoms with E-state index >= 15 is 0 Å². The van der Waals surface area contributed by atoms with Gasteiger partial charge in [-0.1, -0.05) is 11.6 Å².